The van der Waals surface area contributed by atoms with E-state index in [9.17, 15) is 4.79 Å². The summed E-state index contributed by atoms with van der Waals surface area (Å²) in [6.45, 7) is 0.139. The van der Waals surface area contributed by atoms with Crippen molar-refractivity contribution < 1.29 is 14.6 Å². The molecule has 1 amide bonds. The van der Waals surface area contributed by atoms with Gasteiger partial charge in [-0.2, -0.15) is 0 Å². The number of fused-ring (bicyclic) bond motifs is 1. The van der Waals surface area contributed by atoms with Crippen LogP contribution < -0.4 is 10.1 Å². The van der Waals surface area contributed by atoms with Gasteiger partial charge in [-0.15, -0.1) is 0 Å². The first-order valence-electron chi connectivity index (χ1n) is 5.79. The molecule has 0 spiro atoms. The van der Waals surface area contributed by atoms with E-state index in [0.29, 0.717) is 5.75 Å². The molecule has 0 atom stereocenters. The number of hydrogen-bond acceptors (Lipinski definition) is 3. The number of aliphatic hydroxyl groups is 1. The topological polar surface area (TPSA) is 58.6 Å². The normalized spacial score (nSPS) is 10.3. The quantitative estimate of drug-likeness (QED) is 0.835. The summed E-state index contributed by atoms with van der Waals surface area (Å²) in [5, 5.41) is 13.3. The third-order valence-electron chi connectivity index (χ3n) is 2.52. The first-order valence-corrected chi connectivity index (χ1v) is 5.79. The summed E-state index contributed by atoms with van der Waals surface area (Å²) in [5.41, 5.74) is 0. The number of ether oxygens (including phenoxy) is 1. The molecule has 0 radical (unpaired) electrons. The van der Waals surface area contributed by atoms with E-state index in [-0.39, 0.29) is 25.7 Å². The number of carbonyl (C=O) groups is 1. The van der Waals surface area contributed by atoms with Crippen LogP contribution in [0.25, 0.3) is 10.8 Å². The van der Waals surface area contributed by atoms with E-state index in [0.717, 1.165) is 10.8 Å². The Kier molecular flexibility index (Phi) is 4.15. The third kappa shape index (κ3) is 3.21. The Balaban J connectivity index is 1.97. The molecule has 18 heavy (non-hydrogen) atoms. The van der Waals surface area contributed by atoms with Gasteiger partial charge in [-0.3, -0.25) is 4.79 Å². The molecule has 0 heterocycles. The van der Waals surface area contributed by atoms with E-state index in [1.807, 2.05) is 42.5 Å². The van der Waals surface area contributed by atoms with Crippen LogP contribution in [0, 0.1) is 0 Å². The summed E-state index contributed by atoms with van der Waals surface area (Å²) in [6, 6.07) is 13.6. The summed E-state index contributed by atoms with van der Waals surface area (Å²) in [7, 11) is 0. The monoisotopic (exact) mass is 245 g/mol. The summed E-state index contributed by atoms with van der Waals surface area (Å²) >= 11 is 0. The van der Waals surface area contributed by atoms with Gasteiger partial charge in [-0.05, 0) is 22.9 Å². The summed E-state index contributed by atoms with van der Waals surface area (Å²) in [4.78, 5) is 11.3. The van der Waals surface area contributed by atoms with E-state index < -0.39 is 0 Å². The van der Waals surface area contributed by atoms with Gasteiger partial charge in [-0.1, -0.05) is 30.3 Å². The molecule has 0 aliphatic heterocycles. The number of aliphatic hydroxyl groups excluding tert-OH is 1. The second-order valence-electron chi connectivity index (χ2n) is 3.87. The van der Waals surface area contributed by atoms with Gasteiger partial charge in [0.15, 0.2) is 6.61 Å². The maximum absolute atomic E-state index is 11.3. The smallest absolute Gasteiger partial charge is 0.258 e. The Hall–Kier alpha value is -2.07. The average Bonchev–Trinajstić information content (AvgIpc) is 2.42. The minimum absolute atomic E-state index is 0.0433. The van der Waals surface area contributed by atoms with Gasteiger partial charge in [0.05, 0.1) is 6.61 Å². The second kappa shape index (κ2) is 6.02. The Morgan fingerprint density at radius 2 is 1.94 bits per heavy atom. The number of benzene rings is 2. The predicted octanol–water partition coefficient (Wildman–Crippen LogP) is 1.33. The van der Waals surface area contributed by atoms with Crippen molar-refractivity contribution in [2.45, 2.75) is 0 Å². The fourth-order valence-electron chi connectivity index (χ4n) is 1.65. The van der Waals surface area contributed by atoms with Crippen molar-refractivity contribution in [2.75, 3.05) is 19.8 Å². The Bertz CT molecular complexity index is 539. The standard InChI is InChI=1S/C14H15NO3/c16-8-7-15-14(17)10-18-13-6-5-11-3-1-2-4-12(11)9-13/h1-6,9,16H,7-8,10H2,(H,15,17). The minimum atomic E-state index is -0.239. The highest BCUT2D eigenvalue weighted by molar-refractivity contribution is 5.84. The van der Waals surface area contributed by atoms with Crippen LogP contribution in [-0.4, -0.2) is 30.8 Å². The van der Waals surface area contributed by atoms with E-state index in [2.05, 4.69) is 5.32 Å². The molecule has 0 saturated carbocycles. The first-order chi connectivity index (χ1) is 8.79. The van der Waals surface area contributed by atoms with Gasteiger partial charge in [-0.25, -0.2) is 0 Å². The number of hydrogen-bond donors (Lipinski definition) is 2. The molecule has 2 N–H and O–H groups in total. The summed E-state index contributed by atoms with van der Waals surface area (Å²) in [6.07, 6.45) is 0. The molecule has 0 saturated heterocycles. The molecule has 0 aliphatic rings. The fourth-order valence-corrected chi connectivity index (χ4v) is 1.65. The summed E-state index contributed by atoms with van der Waals surface area (Å²) in [5.74, 6) is 0.421. The average molecular weight is 245 g/mol. The zero-order chi connectivity index (χ0) is 12.8. The number of nitrogens with one attached hydrogen (secondary N) is 1. The van der Waals surface area contributed by atoms with Crippen molar-refractivity contribution in [3.05, 3.63) is 42.5 Å². The molecule has 2 aromatic carbocycles. The molecule has 4 nitrogen and oxygen atoms in total. The lowest BCUT2D eigenvalue weighted by Gasteiger charge is -2.07. The molecule has 0 aliphatic carbocycles. The maximum atomic E-state index is 11.3. The molecule has 0 fully saturated rings. The van der Waals surface area contributed by atoms with E-state index >= 15 is 0 Å². The van der Waals surface area contributed by atoms with Crippen LogP contribution >= 0.6 is 0 Å². The SMILES string of the molecule is O=C(COc1ccc2ccccc2c1)NCCO. The Labute approximate surface area is 105 Å². The zero-order valence-electron chi connectivity index (χ0n) is 9.93. The molecular weight excluding hydrogens is 230 g/mol. The highest BCUT2D eigenvalue weighted by Crippen LogP contribution is 2.20. The predicted molar refractivity (Wildman–Crippen MR) is 69.5 cm³/mol. The lowest BCUT2D eigenvalue weighted by molar-refractivity contribution is -0.123. The molecule has 94 valence electrons. The largest absolute Gasteiger partial charge is 0.484 e. The molecule has 2 rings (SSSR count). The van der Waals surface area contributed by atoms with Crippen molar-refractivity contribution in [3.63, 3.8) is 0 Å². The van der Waals surface area contributed by atoms with Crippen LogP contribution in [0.15, 0.2) is 42.5 Å². The van der Waals surface area contributed by atoms with Gasteiger partial charge < -0.3 is 15.2 Å². The maximum Gasteiger partial charge on any atom is 0.258 e. The van der Waals surface area contributed by atoms with Crippen LogP contribution in [0.4, 0.5) is 0 Å². The van der Waals surface area contributed by atoms with Crippen molar-refractivity contribution >= 4 is 16.7 Å². The minimum Gasteiger partial charge on any atom is -0.484 e. The van der Waals surface area contributed by atoms with Gasteiger partial charge in [0.25, 0.3) is 5.91 Å². The van der Waals surface area contributed by atoms with Crippen LogP contribution in [0.5, 0.6) is 5.75 Å². The first kappa shape index (κ1) is 12.4. The van der Waals surface area contributed by atoms with Gasteiger partial charge in [0.2, 0.25) is 0 Å². The third-order valence-corrected chi connectivity index (χ3v) is 2.52. The molecule has 0 bridgehead atoms. The van der Waals surface area contributed by atoms with Crippen LogP contribution in [0.3, 0.4) is 0 Å². The molecular formula is C14H15NO3. The van der Waals surface area contributed by atoms with Gasteiger partial charge in [0.1, 0.15) is 5.75 Å². The number of rotatable bonds is 5. The summed E-state index contributed by atoms with van der Waals surface area (Å²) < 4.78 is 5.38. The van der Waals surface area contributed by atoms with Crippen LogP contribution in [-0.2, 0) is 4.79 Å². The molecule has 4 heteroatoms. The molecule has 0 unspecified atom stereocenters. The highest BCUT2D eigenvalue weighted by atomic mass is 16.5. The zero-order valence-corrected chi connectivity index (χ0v) is 9.93. The van der Waals surface area contributed by atoms with E-state index in [4.69, 9.17) is 9.84 Å². The number of carbonyl (C=O) groups excluding carboxylic acids is 1. The Morgan fingerprint density at radius 3 is 2.72 bits per heavy atom. The lowest BCUT2D eigenvalue weighted by atomic mass is 10.1. The van der Waals surface area contributed by atoms with Crippen molar-refractivity contribution in [1.82, 2.24) is 5.32 Å². The highest BCUT2D eigenvalue weighted by Gasteiger charge is 2.02. The van der Waals surface area contributed by atoms with E-state index in [1.54, 1.807) is 0 Å². The lowest BCUT2D eigenvalue weighted by Crippen LogP contribution is -2.31. The molecule has 0 aromatic heterocycles. The van der Waals surface area contributed by atoms with Crippen molar-refractivity contribution in [2.24, 2.45) is 0 Å². The van der Waals surface area contributed by atoms with Gasteiger partial charge >= 0.3 is 0 Å². The van der Waals surface area contributed by atoms with Crippen molar-refractivity contribution in [1.29, 1.82) is 0 Å². The van der Waals surface area contributed by atoms with Crippen LogP contribution in [0.1, 0.15) is 0 Å². The Morgan fingerprint density at radius 1 is 1.17 bits per heavy atom. The van der Waals surface area contributed by atoms with Crippen molar-refractivity contribution in [3.8, 4) is 5.75 Å². The van der Waals surface area contributed by atoms with E-state index in [1.165, 1.54) is 0 Å². The number of amides is 1. The van der Waals surface area contributed by atoms with Crippen LogP contribution in [0.2, 0.25) is 0 Å². The second-order valence-corrected chi connectivity index (χ2v) is 3.87. The van der Waals surface area contributed by atoms with Gasteiger partial charge in [0, 0.05) is 6.54 Å². The molecule has 2 aromatic rings. The fraction of sp³-hybridized carbons (Fsp3) is 0.214.